The highest BCUT2D eigenvalue weighted by Gasteiger charge is 2.10. The topological polar surface area (TPSA) is 52.6 Å². The van der Waals surface area contributed by atoms with Crippen molar-refractivity contribution in [1.82, 2.24) is 0 Å². The summed E-state index contributed by atoms with van der Waals surface area (Å²) < 4.78 is 9.75. The summed E-state index contributed by atoms with van der Waals surface area (Å²) in [7, 11) is 1.29. The Morgan fingerprint density at radius 2 is 1.63 bits per heavy atom. The summed E-state index contributed by atoms with van der Waals surface area (Å²) in [5.41, 5.74) is 0. The molecular formula is C15H14O4. The van der Waals surface area contributed by atoms with Gasteiger partial charge in [0.05, 0.1) is 20.0 Å². The number of carbonyl (C=O) groups is 2. The highest BCUT2D eigenvalue weighted by molar-refractivity contribution is 5.90. The third-order valence-electron chi connectivity index (χ3n) is 2.73. The van der Waals surface area contributed by atoms with Crippen LogP contribution in [0.4, 0.5) is 0 Å². The van der Waals surface area contributed by atoms with E-state index in [1.165, 1.54) is 7.11 Å². The molecule has 0 bridgehead atoms. The minimum atomic E-state index is -0.443. The van der Waals surface area contributed by atoms with Gasteiger partial charge in [-0.15, -0.1) is 0 Å². The van der Waals surface area contributed by atoms with Gasteiger partial charge in [0.25, 0.3) is 0 Å². The van der Waals surface area contributed by atoms with Crippen LogP contribution < -0.4 is 4.74 Å². The van der Waals surface area contributed by atoms with Gasteiger partial charge in [-0.2, -0.15) is 0 Å². The number of ether oxygens (including phenoxy) is 2. The maximum atomic E-state index is 11.6. The third-order valence-corrected chi connectivity index (χ3v) is 2.73. The van der Waals surface area contributed by atoms with Crippen molar-refractivity contribution in [2.24, 2.45) is 0 Å². The van der Waals surface area contributed by atoms with Crippen LogP contribution in [0.2, 0.25) is 0 Å². The molecule has 0 saturated heterocycles. The van der Waals surface area contributed by atoms with Crippen molar-refractivity contribution < 1.29 is 19.1 Å². The fourth-order valence-corrected chi connectivity index (χ4v) is 1.76. The van der Waals surface area contributed by atoms with Gasteiger partial charge in [0, 0.05) is 5.39 Å². The van der Waals surface area contributed by atoms with Gasteiger partial charge in [0.2, 0.25) is 0 Å². The largest absolute Gasteiger partial charge is 0.469 e. The van der Waals surface area contributed by atoms with Crippen LogP contribution in [0, 0.1) is 0 Å². The molecule has 0 spiro atoms. The zero-order valence-corrected chi connectivity index (χ0v) is 10.6. The number of benzene rings is 2. The smallest absolute Gasteiger partial charge is 0.311 e. The predicted octanol–water partition coefficient (Wildman–Crippen LogP) is 2.70. The van der Waals surface area contributed by atoms with E-state index >= 15 is 0 Å². The molecule has 0 aromatic heterocycles. The Bertz CT molecular complexity index is 599. The first kappa shape index (κ1) is 13.1. The predicted molar refractivity (Wildman–Crippen MR) is 70.8 cm³/mol. The molecule has 2 aromatic carbocycles. The number of rotatable bonds is 4. The van der Waals surface area contributed by atoms with E-state index in [0.717, 1.165) is 10.8 Å². The van der Waals surface area contributed by atoms with Crippen molar-refractivity contribution in [2.75, 3.05) is 7.11 Å². The molecule has 0 N–H and O–H groups in total. The van der Waals surface area contributed by atoms with Crippen molar-refractivity contribution in [3.63, 3.8) is 0 Å². The normalized spacial score (nSPS) is 10.2. The van der Waals surface area contributed by atoms with Gasteiger partial charge in [-0.1, -0.05) is 36.4 Å². The molecule has 0 aliphatic rings. The van der Waals surface area contributed by atoms with E-state index in [1.807, 2.05) is 36.4 Å². The Morgan fingerprint density at radius 1 is 0.947 bits per heavy atom. The first-order chi connectivity index (χ1) is 9.20. The van der Waals surface area contributed by atoms with Crippen molar-refractivity contribution in [3.8, 4) is 5.75 Å². The minimum Gasteiger partial charge on any atom is -0.469 e. The number of carbonyl (C=O) groups excluding carboxylic acids is 2. The van der Waals surface area contributed by atoms with Crippen LogP contribution in [0.25, 0.3) is 10.8 Å². The van der Waals surface area contributed by atoms with E-state index in [4.69, 9.17) is 4.74 Å². The second-order valence-corrected chi connectivity index (χ2v) is 4.03. The summed E-state index contributed by atoms with van der Waals surface area (Å²) >= 11 is 0. The lowest BCUT2D eigenvalue weighted by Crippen LogP contribution is -2.11. The van der Waals surface area contributed by atoms with Crippen molar-refractivity contribution in [2.45, 2.75) is 12.8 Å². The lowest BCUT2D eigenvalue weighted by atomic mass is 10.1. The maximum Gasteiger partial charge on any atom is 0.311 e. The van der Waals surface area contributed by atoms with E-state index in [1.54, 1.807) is 6.07 Å². The zero-order valence-electron chi connectivity index (χ0n) is 10.6. The van der Waals surface area contributed by atoms with Gasteiger partial charge in [-0.25, -0.2) is 0 Å². The summed E-state index contributed by atoms with van der Waals surface area (Å²) in [5.74, 6) is -0.357. The van der Waals surface area contributed by atoms with E-state index < -0.39 is 11.9 Å². The van der Waals surface area contributed by atoms with Crippen LogP contribution in [0.1, 0.15) is 12.8 Å². The molecule has 0 radical (unpaired) electrons. The molecule has 2 rings (SSSR count). The average Bonchev–Trinajstić information content (AvgIpc) is 2.45. The fraction of sp³-hybridized carbons (Fsp3) is 0.200. The van der Waals surface area contributed by atoms with Gasteiger partial charge in [-0.3, -0.25) is 9.59 Å². The molecule has 0 saturated carbocycles. The number of hydrogen-bond donors (Lipinski definition) is 0. The van der Waals surface area contributed by atoms with Crippen LogP contribution in [0.5, 0.6) is 5.75 Å². The summed E-state index contributed by atoms with van der Waals surface area (Å²) in [6.45, 7) is 0. The van der Waals surface area contributed by atoms with E-state index in [0.29, 0.717) is 5.75 Å². The lowest BCUT2D eigenvalue weighted by molar-refractivity contribution is -0.144. The first-order valence-electron chi connectivity index (χ1n) is 5.96. The Balaban J connectivity index is 2.09. The number of hydrogen-bond acceptors (Lipinski definition) is 4. The standard InChI is InChI=1S/C15H14O4/c1-18-14(16)9-10-15(17)19-13-8-4-6-11-5-2-3-7-12(11)13/h2-8H,9-10H2,1H3. The first-order valence-corrected chi connectivity index (χ1v) is 5.96. The van der Waals surface area contributed by atoms with Crippen LogP contribution >= 0.6 is 0 Å². The van der Waals surface area contributed by atoms with E-state index in [-0.39, 0.29) is 12.8 Å². The maximum absolute atomic E-state index is 11.6. The molecule has 0 atom stereocenters. The molecule has 4 heteroatoms. The van der Waals surface area contributed by atoms with Gasteiger partial charge in [0.1, 0.15) is 5.75 Å². The Labute approximate surface area is 110 Å². The molecule has 98 valence electrons. The van der Waals surface area contributed by atoms with Crippen molar-refractivity contribution in [1.29, 1.82) is 0 Å². The van der Waals surface area contributed by atoms with Gasteiger partial charge >= 0.3 is 11.9 Å². The molecule has 19 heavy (non-hydrogen) atoms. The van der Waals surface area contributed by atoms with Crippen LogP contribution in [0.3, 0.4) is 0 Å². The second-order valence-electron chi connectivity index (χ2n) is 4.03. The van der Waals surface area contributed by atoms with Gasteiger partial charge in [-0.05, 0) is 11.5 Å². The molecule has 0 unspecified atom stereocenters. The Kier molecular flexibility index (Phi) is 4.13. The molecule has 0 aliphatic heterocycles. The van der Waals surface area contributed by atoms with Crippen LogP contribution in [-0.2, 0) is 14.3 Å². The quantitative estimate of drug-likeness (QED) is 0.625. The van der Waals surface area contributed by atoms with E-state index in [9.17, 15) is 9.59 Å². The fourth-order valence-electron chi connectivity index (χ4n) is 1.76. The van der Waals surface area contributed by atoms with Crippen LogP contribution in [-0.4, -0.2) is 19.0 Å². The minimum absolute atomic E-state index is 0.00982. The lowest BCUT2D eigenvalue weighted by Gasteiger charge is -2.07. The molecule has 0 heterocycles. The summed E-state index contributed by atoms with van der Waals surface area (Å²) in [6, 6.07) is 13.1. The van der Waals surface area contributed by atoms with E-state index in [2.05, 4.69) is 4.74 Å². The zero-order chi connectivity index (χ0) is 13.7. The molecule has 4 nitrogen and oxygen atoms in total. The monoisotopic (exact) mass is 258 g/mol. The SMILES string of the molecule is COC(=O)CCC(=O)Oc1cccc2ccccc12. The second kappa shape index (κ2) is 6.00. The molecular weight excluding hydrogens is 244 g/mol. The highest BCUT2D eigenvalue weighted by atomic mass is 16.5. The summed E-state index contributed by atoms with van der Waals surface area (Å²) in [4.78, 5) is 22.6. The number of methoxy groups -OCH3 is 1. The molecule has 0 fully saturated rings. The number of esters is 2. The highest BCUT2D eigenvalue weighted by Crippen LogP contribution is 2.25. The summed E-state index contributed by atoms with van der Waals surface area (Å²) in [6.07, 6.45) is 0.0377. The molecule has 0 aliphatic carbocycles. The number of fused-ring (bicyclic) bond motifs is 1. The van der Waals surface area contributed by atoms with Crippen molar-refractivity contribution >= 4 is 22.7 Å². The molecule has 2 aromatic rings. The van der Waals surface area contributed by atoms with Crippen LogP contribution in [0.15, 0.2) is 42.5 Å². The Morgan fingerprint density at radius 3 is 2.42 bits per heavy atom. The van der Waals surface area contributed by atoms with Gasteiger partial charge < -0.3 is 9.47 Å². The average molecular weight is 258 g/mol. The summed E-state index contributed by atoms with van der Waals surface area (Å²) in [5, 5.41) is 1.87. The van der Waals surface area contributed by atoms with Gasteiger partial charge in [0.15, 0.2) is 0 Å². The third kappa shape index (κ3) is 3.31. The molecule has 0 amide bonds. The van der Waals surface area contributed by atoms with Crippen molar-refractivity contribution in [3.05, 3.63) is 42.5 Å². The Hall–Kier alpha value is -2.36.